The van der Waals surface area contributed by atoms with Crippen LogP contribution < -0.4 is 10.6 Å². The highest BCUT2D eigenvalue weighted by atomic mass is 32.1. The van der Waals surface area contributed by atoms with Crippen LogP contribution >= 0.6 is 11.3 Å². The number of aromatic nitrogens is 1. The van der Waals surface area contributed by atoms with Crippen LogP contribution in [-0.4, -0.2) is 46.7 Å². The second kappa shape index (κ2) is 13.6. The van der Waals surface area contributed by atoms with Crippen LogP contribution in [0.2, 0.25) is 0 Å². The number of aryl methyl sites for hydroxylation is 1. The average molecular weight is 525 g/mol. The van der Waals surface area contributed by atoms with Crippen molar-refractivity contribution in [2.75, 3.05) is 18.4 Å². The molecule has 196 valence electrons. The first kappa shape index (κ1) is 28.0. The van der Waals surface area contributed by atoms with Crippen LogP contribution in [0.5, 0.6) is 0 Å². The smallest absolute Gasteiger partial charge is 0.254 e. The number of amides is 3. The number of thiazole rings is 1. The fourth-order valence-electron chi connectivity index (χ4n) is 3.80. The molecular weight excluding hydrogens is 491 g/mol. The lowest BCUT2D eigenvalue weighted by atomic mass is 10.1. The summed E-state index contributed by atoms with van der Waals surface area (Å²) in [4.78, 5) is 43.8. The van der Waals surface area contributed by atoms with E-state index in [1.165, 1.54) is 46.1 Å². The predicted molar refractivity (Wildman–Crippen MR) is 144 cm³/mol. The molecule has 2 aromatic carbocycles. The first-order valence-electron chi connectivity index (χ1n) is 12.3. The molecule has 7 nitrogen and oxygen atoms in total. The van der Waals surface area contributed by atoms with Gasteiger partial charge in [-0.3, -0.25) is 14.4 Å². The van der Waals surface area contributed by atoms with Gasteiger partial charge in [-0.2, -0.15) is 0 Å². The molecule has 0 saturated carbocycles. The minimum absolute atomic E-state index is 0.0242. The zero-order chi connectivity index (χ0) is 26.8. The molecule has 2 N–H and O–H groups in total. The lowest BCUT2D eigenvalue weighted by molar-refractivity contribution is -0.121. The van der Waals surface area contributed by atoms with Crippen molar-refractivity contribution in [2.24, 2.45) is 5.92 Å². The van der Waals surface area contributed by atoms with E-state index in [-0.39, 0.29) is 36.7 Å². The van der Waals surface area contributed by atoms with Crippen molar-refractivity contribution in [3.05, 3.63) is 82.6 Å². The van der Waals surface area contributed by atoms with Gasteiger partial charge in [0, 0.05) is 23.5 Å². The van der Waals surface area contributed by atoms with E-state index in [0.717, 1.165) is 12.8 Å². The zero-order valence-electron chi connectivity index (χ0n) is 21.4. The maximum atomic E-state index is 13.2. The van der Waals surface area contributed by atoms with E-state index in [1.807, 2.05) is 39.0 Å². The summed E-state index contributed by atoms with van der Waals surface area (Å²) < 4.78 is 13.2. The van der Waals surface area contributed by atoms with Crippen molar-refractivity contribution in [2.45, 2.75) is 46.1 Å². The van der Waals surface area contributed by atoms with Crippen molar-refractivity contribution >= 4 is 34.2 Å². The molecule has 0 fully saturated rings. The van der Waals surface area contributed by atoms with Crippen LogP contribution in [0.1, 0.15) is 48.8 Å². The van der Waals surface area contributed by atoms with E-state index in [4.69, 9.17) is 0 Å². The SMILES string of the molecule is CC(C)CN(CC(=O)Nc1nc(CC(=O)NC(C)CCc2ccccc2)cs1)C(=O)c1ccc(F)cc1. The maximum absolute atomic E-state index is 13.2. The van der Waals surface area contributed by atoms with E-state index < -0.39 is 11.7 Å². The molecule has 37 heavy (non-hydrogen) atoms. The molecular formula is C28H33FN4O3S. The summed E-state index contributed by atoms with van der Waals surface area (Å²) >= 11 is 1.23. The van der Waals surface area contributed by atoms with Crippen LogP contribution in [0.15, 0.2) is 60.0 Å². The summed E-state index contributed by atoms with van der Waals surface area (Å²) in [6.07, 6.45) is 1.83. The zero-order valence-corrected chi connectivity index (χ0v) is 22.2. The van der Waals surface area contributed by atoms with E-state index in [0.29, 0.717) is 22.9 Å². The summed E-state index contributed by atoms with van der Waals surface area (Å²) in [5.74, 6) is -1.16. The number of nitrogens with zero attached hydrogens (tertiary/aromatic N) is 2. The van der Waals surface area contributed by atoms with Gasteiger partial charge in [-0.05, 0) is 55.5 Å². The number of rotatable bonds is 12. The number of hydrogen-bond acceptors (Lipinski definition) is 5. The Balaban J connectivity index is 1.49. The van der Waals surface area contributed by atoms with Gasteiger partial charge in [0.15, 0.2) is 5.13 Å². The summed E-state index contributed by atoms with van der Waals surface area (Å²) in [5.41, 5.74) is 2.11. The van der Waals surface area contributed by atoms with Crippen molar-refractivity contribution < 1.29 is 18.8 Å². The molecule has 0 bridgehead atoms. The summed E-state index contributed by atoms with van der Waals surface area (Å²) in [7, 11) is 0. The Hall–Kier alpha value is -3.59. The standard InChI is InChI=1S/C28H33FN4O3S/c1-19(2)16-33(27(36)22-11-13-23(29)14-12-22)17-26(35)32-28-31-24(18-37-28)15-25(34)30-20(3)9-10-21-7-5-4-6-8-21/h4-8,11-14,18-20H,9-10,15-17H2,1-3H3,(H,30,34)(H,31,32,35). The number of hydrogen-bond donors (Lipinski definition) is 2. The Labute approximate surface area is 221 Å². The van der Waals surface area contributed by atoms with E-state index in [2.05, 4.69) is 27.8 Å². The normalized spacial score (nSPS) is 11.7. The summed E-state index contributed by atoms with van der Waals surface area (Å²) in [6, 6.07) is 15.4. The van der Waals surface area contributed by atoms with Gasteiger partial charge >= 0.3 is 0 Å². The number of carbonyl (C=O) groups excluding carboxylic acids is 3. The van der Waals surface area contributed by atoms with Gasteiger partial charge in [-0.15, -0.1) is 11.3 Å². The first-order chi connectivity index (χ1) is 17.7. The van der Waals surface area contributed by atoms with Gasteiger partial charge in [0.2, 0.25) is 11.8 Å². The minimum Gasteiger partial charge on any atom is -0.353 e. The topological polar surface area (TPSA) is 91.4 Å². The second-order valence-electron chi connectivity index (χ2n) is 9.45. The first-order valence-corrected chi connectivity index (χ1v) is 13.2. The predicted octanol–water partition coefficient (Wildman–Crippen LogP) is 4.70. The minimum atomic E-state index is -0.431. The fraction of sp³-hybridized carbons (Fsp3) is 0.357. The van der Waals surface area contributed by atoms with Crippen LogP contribution in [-0.2, 0) is 22.4 Å². The van der Waals surface area contributed by atoms with E-state index in [1.54, 1.807) is 5.38 Å². The molecule has 0 aliphatic heterocycles. The molecule has 0 spiro atoms. The average Bonchev–Trinajstić information content (AvgIpc) is 3.28. The van der Waals surface area contributed by atoms with Crippen molar-refractivity contribution in [3.63, 3.8) is 0 Å². The van der Waals surface area contributed by atoms with Crippen molar-refractivity contribution in [3.8, 4) is 0 Å². The molecule has 0 radical (unpaired) electrons. The van der Waals surface area contributed by atoms with Gasteiger partial charge in [0.25, 0.3) is 5.91 Å². The number of halogens is 1. The van der Waals surface area contributed by atoms with E-state index in [9.17, 15) is 18.8 Å². The Morgan fingerprint density at radius 3 is 2.38 bits per heavy atom. The van der Waals surface area contributed by atoms with Crippen molar-refractivity contribution in [1.82, 2.24) is 15.2 Å². The fourth-order valence-corrected chi connectivity index (χ4v) is 4.53. The third-order valence-electron chi connectivity index (χ3n) is 5.55. The number of anilines is 1. The Morgan fingerprint density at radius 1 is 1.00 bits per heavy atom. The second-order valence-corrected chi connectivity index (χ2v) is 10.3. The number of nitrogens with one attached hydrogen (secondary N) is 2. The van der Waals surface area contributed by atoms with E-state index >= 15 is 0 Å². The van der Waals surface area contributed by atoms with Gasteiger partial charge < -0.3 is 15.5 Å². The molecule has 3 rings (SSSR count). The maximum Gasteiger partial charge on any atom is 0.254 e. The molecule has 1 aromatic heterocycles. The molecule has 1 unspecified atom stereocenters. The van der Waals surface area contributed by atoms with Gasteiger partial charge in [0.1, 0.15) is 12.4 Å². The highest BCUT2D eigenvalue weighted by Gasteiger charge is 2.21. The third kappa shape index (κ3) is 9.42. The molecule has 3 amide bonds. The van der Waals surface area contributed by atoms with Crippen LogP contribution in [0.3, 0.4) is 0 Å². The molecule has 9 heteroatoms. The third-order valence-corrected chi connectivity index (χ3v) is 6.36. The number of carbonyl (C=O) groups is 3. The Morgan fingerprint density at radius 2 is 1.70 bits per heavy atom. The van der Waals surface area contributed by atoms with Gasteiger partial charge in [-0.25, -0.2) is 9.37 Å². The molecule has 1 atom stereocenters. The Bertz CT molecular complexity index is 1180. The van der Waals surface area contributed by atoms with Gasteiger partial charge in [-0.1, -0.05) is 44.2 Å². The molecule has 0 saturated heterocycles. The van der Waals surface area contributed by atoms with Crippen LogP contribution in [0, 0.1) is 11.7 Å². The van der Waals surface area contributed by atoms with Crippen molar-refractivity contribution in [1.29, 1.82) is 0 Å². The lowest BCUT2D eigenvalue weighted by Gasteiger charge is -2.24. The van der Waals surface area contributed by atoms with Crippen LogP contribution in [0.25, 0.3) is 0 Å². The largest absolute Gasteiger partial charge is 0.353 e. The quantitative estimate of drug-likeness (QED) is 0.359. The lowest BCUT2D eigenvalue weighted by Crippen LogP contribution is -2.40. The molecule has 1 heterocycles. The molecule has 0 aliphatic carbocycles. The monoisotopic (exact) mass is 524 g/mol. The Kier molecular flexibility index (Phi) is 10.3. The van der Waals surface area contributed by atoms with Crippen LogP contribution in [0.4, 0.5) is 9.52 Å². The van der Waals surface area contributed by atoms with Gasteiger partial charge in [0.05, 0.1) is 12.1 Å². The number of benzene rings is 2. The summed E-state index contributed by atoms with van der Waals surface area (Å²) in [5, 5.41) is 7.81. The molecule has 3 aromatic rings. The highest BCUT2D eigenvalue weighted by molar-refractivity contribution is 7.13. The highest BCUT2D eigenvalue weighted by Crippen LogP contribution is 2.17. The summed E-state index contributed by atoms with van der Waals surface area (Å²) in [6.45, 7) is 6.08. The molecule has 0 aliphatic rings.